The number of aliphatic hydroxyl groups is 1. The van der Waals surface area contributed by atoms with Gasteiger partial charge in [-0.2, -0.15) is 0 Å². The number of hydrogen-bond acceptors (Lipinski definition) is 1. The van der Waals surface area contributed by atoms with Gasteiger partial charge in [-0.25, -0.2) is 0 Å². The van der Waals surface area contributed by atoms with E-state index in [2.05, 4.69) is 41.5 Å². The van der Waals surface area contributed by atoms with Gasteiger partial charge in [-0.15, -0.1) is 0 Å². The Labute approximate surface area is 154 Å². The van der Waals surface area contributed by atoms with Gasteiger partial charge in [0, 0.05) is 0 Å². The molecule has 0 saturated carbocycles. The number of unbranched alkanes of at least 4 members (excludes halogenated alkanes) is 8. The summed E-state index contributed by atoms with van der Waals surface area (Å²) in [5.41, 5.74) is -0.544. The lowest BCUT2D eigenvalue weighted by atomic mass is 9.66. The largest absolute Gasteiger partial charge is 0.389 e. The van der Waals surface area contributed by atoms with E-state index < -0.39 is 5.60 Å². The van der Waals surface area contributed by atoms with E-state index in [1.54, 1.807) is 0 Å². The summed E-state index contributed by atoms with van der Waals surface area (Å²) < 4.78 is 0. The molecule has 1 N–H and O–H groups in total. The Morgan fingerprint density at radius 3 is 1.58 bits per heavy atom. The Morgan fingerprint density at radius 1 is 0.750 bits per heavy atom. The summed E-state index contributed by atoms with van der Waals surface area (Å²) in [6.07, 6.45) is 16.4. The highest BCUT2D eigenvalue weighted by Gasteiger charge is 2.42. The molecule has 3 unspecified atom stereocenters. The maximum absolute atomic E-state index is 11.6. The lowest BCUT2D eigenvalue weighted by Crippen LogP contribution is -2.48. The summed E-state index contributed by atoms with van der Waals surface area (Å²) in [6, 6.07) is 0. The van der Waals surface area contributed by atoms with Crippen molar-refractivity contribution in [3.8, 4) is 0 Å². The van der Waals surface area contributed by atoms with Crippen molar-refractivity contribution < 1.29 is 5.11 Å². The van der Waals surface area contributed by atoms with Gasteiger partial charge in [0.2, 0.25) is 0 Å². The summed E-state index contributed by atoms with van der Waals surface area (Å²) in [4.78, 5) is 0. The molecule has 0 aliphatic carbocycles. The Hall–Kier alpha value is -0.0400. The Morgan fingerprint density at radius 2 is 1.17 bits per heavy atom. The fourth-order valence-electron chi connectivity index (χ4n) is 4.27. The molecule has 24 heavy (non-hydrogen) atoms. The molecule has 1 radical (unpaired) electrons. The van der Waals surface area contributed by atoms with Gasteiger partial charge in [0.1, 0.15) is 0 Å². The minimum atomic E-state index is -0.544. The third-order valence-corrected chi connectivity index (χ3v) is 6.11. The molecule has 145 valence electrons. The second-order valence-corrected chi connectivity index (χ2v) is 8.33. The van der Waals surface area contributed by atoms with E-state index in [9.17, 15) is 5.11 Å². The SMILES string of the molecule is [CH2]CC(C)C(O)(C(C)C)C(CCCCCC)CCCCCCCC. The minimum Gasteiger partial charge on any atom is -0.389 e. The van der Waals surface area contributed by atoms with Crippen LogP contribution in [0.2, 0.25) is 0 Å². The van der Waals surface area contributed by atoms with E-state index in [0.29, 0.717) is 11.8 Å². The predicted octanol–water partition coefficient (Wildman–Crippen LogP) is 7.57. The molecule has 0 amide bonds. The molecule has 0 fully saturated rings. The van der Waals surface area contributed by atoms with Crippen molar-refractivity contribution in [1.29, 1.82) is 0 Å². The third-order valence-electron chi connectivity index (χ3n) is 6.11. The second-order valence-electron chi connectivity index (χ2n) is 8.33. The average Bonchev–Trinajstić information content (AvgIpc) is 2.57. The number of rotatable bonds is 16. The summed E-state index contributed by atoms with van der Waals surface area (Å²) in [6.45, 7) is 15.2. The molecule has 0 aromatic heterocycles. The van der Waals surface area contributed by atoms with Crippen molar-refractivity contribution in [2.24, 2.45) is 17.8 Å². The first-order chi connectivity index (χ1) is 11.4. The van der Waals surface area contributed by atoms with Crippen LogP contribution in [-0.4, -0.2) is 10.7 Å². The average molecular weight is 340 g/mol. The molecule has 0 aliphatic heterocycles. The van der Waals surface area contributed by atoms with Crippen LogP contribution >= 0.6 is 0 Å². The van der Waals surface area contributed by atoms with E-state index in [1.807, 2.05) is 0 Å². The molecule has 3 atom stereocenters. The summed E-state index contributed by atoms with van der Waals surface area (Å²) in [5.74, 6) is 1.04. The van der Waals surface area contributed by atoms with Gasteiger partial charge < -0.3 is 5.11 Å². The monoisotopic (exact) mass is 339 g/mol. The van der Waals surface area contributed by atoms with Gasteiger partial charge in [-0.1, -0.05) is 106 Å². The first kappa shape index (κ1) is 24.0. The first-order valence-corrected chi connectivity index (χ1v) is 11.0. The lowest BCUT2D eigenvalue weighted by Gasteiger charge is -2.44. The van der Waals surface area contributed by atoms with Crippen molar-refractivity contribution in [2.45, 2.75) is 124 Å². The van der Waals surface area contributed by atoms with Crippen molar-refractivity contribution in [1.82, 2.24) is 0 Å². The molecule has 1 heteroatoms. The van der Waals surface area contributed by atoms with E-state index in [4.69, 9.17) is 0 Å². The quantitative estimate of drug-likeness (QED) is 0.287. The fraction of sp³-hybridized carbons (Fsp3) is 0.957. The predicted molar refractivity (Wildman–Crippen MR) is 109 cm³/mol. The molecule has 0 aliphatic rings. The normalized spacial score (nSPS) is 17.0. The van der Waals surface area contributed by atoms with Crippen molar-refractivity contribution in [3.05, 3.63) is 6.92 Å². The van der Waals surface area contributed by atoms with Gasteiger partial charge in [0.25, 0.3) is 0 Å². The van der Waals surface area contributed by atoms with Crippen LogP contribution in [0, 0.1) is 24.7 Å². The molecule has 0 bridgehead atoms. The lowest BCUT2D eigenvalue weighted by molar-refractivity contribution is -0.106. The Bertz CT molecular complexity index is 273. The second kappa shape index (κ2) is 14.2. The number of hydrogen-bond donors (Lipinski definition) is 1. The zero-order chi connectivity index (χ0) is 18.4. The van der Waals surface area contributed by atoms with Gasteiger partial charge in [-0.3, -0.25) is 0 Å². The van der Waals surface area contributed by atoms with Gasteiger partial charge >= 0.3 is 0 Å². The van der Waals surface area contributed by atoms with Gasteiger partial charge in [0.05, 0.1) is 5.60 Å². The Balaban J connectivity index is 4.69. The topological polar surface area (TPSA) is 20.2 Å². The maximum atomic E-state index is 11.6. The van der Waals surface area contributed by atoms with Gasteiger partial charge in [-0.05, 0) is 37.0 Å². The van der Waals surface area contributed by atoms with Crippen LogP contribution in [0.1, 0.15) is 118 Å². The summed E-state index contributed by atoms with van der Waals surface area (Å²) in [5, 5.41) is 11.6. The van der Waals surface area contributed by atoms with E-state index in [-0.39, 0.29) is 5.92 Å². The molecular weight excluding hydrogens is 292 g/mol. The minimum absolute atomic E-state index is 0.286. The van der Waals surface area contributed by atoms with Crippen LogP contribution in [-0.2, 0) is 0 Å². The van der Waals surface area contributed by atoms with E-state index >= 15 is 0 Å². The smallest absolute Gasteiger partial charge is 0.0723 e. The summed E-state index contributed by atoms with van der Waals surface area (Å²) >= 11 is 0. The molecule has 0 aromatic rings. The zero-order valence-corrected chi connectivity index (χ0v) is 17.6. The van der Waals surface area contributed by atoms with Gasteiger partial charge in [0.15, 0.2) is 0 Å². The highest BCUT2D eigenvalue weighted by atomic mass is 16.3. The molecule has 0 heterocycles. The third kappa shape index (κ3) is 8.37. The van der Waals surface area contributed by atoms with Crippen LogP contribution in [0.4, 0.5) is 0 Å². The van der Waals surface area contributed by atoms with Crippen molar-refractivity contribution in [3.63, 3.8) is 0 Å². The van der Waals surface area contributed by atoms with Crippen molar-refractivity contribution >= 4 is 0 Å². The Kier molecular flexibility index (Phi) is 14.1. The van der Waals surface area contributed by atoms with Crippen LogP contribution < -0.4 is 0 Å². The van der Waals surface area contributed by atoms with Crippen LogP contribution in [0.15, 0.2) is 0 Å². The standard InChI is InChI=1S/C23H47O/c1-7-10-12-14-15-17-19-22(18-16-13-11-8-2)23(24,20(4)5)21(6)9-3/h20-22,24H,3,7-19H2,1-2,4-6H3. The van der Waals surface area contributed by atoms with Crippen LogP contribution in [0.5, 0.6) is 0 Å². The van der Waals surface area contributed by atoms with Crippen molar-refractivity contribution in [2.75, 3.05) is 0 Å². The molecular formula is C23H47O. The molecule has 0 rings (SSSR count). The molecule has 0 aromatic carbocycles. The zero-order valence-electron chi connectivity index (χ0n) is 17.6. The molecule has 0 spiro atoms. The van der Waals surface area contributed by atoms with E-state index in [0.717, 1.165) is 6.42 Å². The molecule has 0 saturated heterocycles. The fourth-order valence-corrected chi connectivity index (χ4v) is 4.27. The highest BCUT2D eigenvalue weighted by Crippen LogP contribution is 2.41. The maximum Gasteiger partial charge on any atom is 0.0723 e. The van der Waals surface area contributed by atoms with Crippen LogP contribution in [0.25, 0.3) is 0 Å². The summed E-state index contributed by atoms with van der Waals surface area (Å²) in [7, 11) is 0. The highest BCUT2D eigenvalue weighted by molar-refractivity contribution is 4.93. The molecule has 1 nitrogen and oxygen atoms in total. The first-order valence-electron chi connectivity index (χ1n) is 11.0. The van der Waals surface area contributed by atoms with E-state index in [1.165, 1.54) is 77.0 Å². The van der Waals surface area contributed by atoms with Crippen LogP contribution in [0.3, 0.4) is 0 Å².